The third-order valence-corrected chi connectivity index (χ3v) is 4.90. The first kappa shape index (κ1) is 13.8. The minimum atomic E-state index is -1.41. The molecule has 90 valence electrons. The van der Waals surface area contributed by atoms with Gasteiger partial charge in [-0.2, -0.15) is 0 Å². The maximum atomic E-state index is 9.14. The fourth-order valence-electron chi connectivity index (χ4n) is 1.22. The molecule has 16 heavy (non-hydrogen) atoms. The van der Waals surface area contributed by atoms with Crippen molar-refractivity contribution in [3.8, 4) is 5.75 Å². The predicted octanol–water partition coefficient (Wildman–Crippen LogP) is -2.57. The van der Waals surface area contributed by atoms with Gasteiger partial charge >= 0.3 is 107 Å². The zero-order chi connectivity index (χ0) is 12.3. The molecule has 0 amide bonds. The van der Waals surface area contributed by atoms with Crippen LogP contribution in [-0.2, 0) is 0 Å². The third-order valence-electron chi connectivity index (χ3n) is 1.86. The van der Waals surface area contributed by atoms with Gasteiger partial charge in [-0.1, -0.05) is 0 Å². The molecule has 0 saturated heterocycles. The molecular weight excluding hydrogens is 318 g/mol. The molecule has 0 aliphatic heterocycles. The topological polar surface area (TPSA) is 49.7 Å². The van der Waals surface area contributed by atoms with Crippen LogP contribution in [0.25, 0.3) is 0 Å². The summed E-state index contributed by atoms with van der Waals surface area (Å²) in [5.74, 6) is 0.840. The second-order valence-corrected chi connectivity index (χ2v) is 9.37. The van der Waals surface area contributed by atoms with Gasteiger partial charge in [0.1, 0.15) is 0 Å². The van der Waals surface area contributed by atoms with E-state index in [1.807, 2.05) is 6.07 Å². The Morgan fingerprint density at radius 2 is 1.88 bits per heavy atom. The van der Waals surface area contributed by atoms with E-state index in [4.69, 9.17) is 14.8 Å². The Labute approximate surface area is 107 Å². The van der Waals surface area contributed by atoms with E-state index in [2.05, 4.69) is 20.8 Å². The first-order chi connectivity index (χ1) is 7.33. The van der Waals surface area contributed by atoms with E-state index in [1.165, 1.54) is 0 Å². The van der Waals surface area contributed by atoms with Gasteiger partial charge in [-0.05, 0) is 0 Å². The van der Waals surface area contributed by atoms with Crippen LogP contribution in [0.4, 0.5) is 0 Å². The van der Waals surface area contributed by atoms with Crippen LogP contribution in [0.15, 0.2) is 18.2 Å². The van der Waals surface area contributed by atoms with Gasteiger partial charge in [0.2, 0.25) is 0 Å². The monoisotopic (exact) mass is 335 g/mol. The molecule has 0 bridgehead atoms. The molecule has 5 heteroatoms. The molecule has 1 aromatic rings. The molecule has 2 N–H and O–H groups in total. The first-order valence-electron chi connectivity index (χ1n) is 5.03. The van der Waals surface area contributed by atoms with Gasteiger partial charge in [0.25, 0.3) is 0 Å². The second-order valence-electron chi connectivity index (χ2n) is 4.43. The molecule has 0 radical (unpaired) electrons. The summed E-state index contributed by atoms with van der Waals surface area (Å²) in [6.45, 7) is 6.55. The van der Waals surface area contributed by atoms with E-state index in [0.29, 0.717) is 5.46 Å². The van der Waals surface area contributed by atoms with Gasteiger partial charge in [0.05, 0.1) is 0 Å². The van der Waals surface area contributed by atoms with Crippen LogP contribution >= 0.6 is 0 Å². The van der Waals surface area contributed by atoms with Crippen molar-refractivity contribution in [1.29, 1.82) is 0 Å². The number of halogens is 1. The molecule has 1 rings (SSSR count). The van der Waals surface area contributed by atoms with Gasteiger partial charge in [0.15, 0.2) is 0 Å². The summed E-state index contributed by atoms with van der Waals surface area (Å²) < 4.78 is 6.64. The maximum absolute atomic E-state index is 9.14. The molecule has 0 aliphatic carbocycles. The summed E-state index contributed by atoms with van der Waals surface area (Å²) in [5, 5.41) is 18.3. The van der Waals surface area contributed by atoms with Crippen LogP contribution in [-0.4, -0.2) is 27.7 Å². The van der Waals surface area contributed by atoms with Crippen LogP contribution < -0.4 is 31.4 Å². The Morgan fingerprint density at radius 3 is 2.31 bits per heavy atom. The number of ether oxygens (including phenoxy) is 1. The number of alkyl halides is 1. The van der Waals surface area contributed by atoms with Crippen LogP contribution in [0, 0.1) is 3.57 Å². The van der Waals surface area contributed by atoms with Crippen molar-refractivity contribution in [1.82, 2.24) is 0 Å². The van der Waals surface area contributed by atoms with Gasteiger partial charge in [0, 0.05) is 0 Å². The predicted molar refractivity (Wildman–Crippen MR) is 61.3 cm³/mol. The average molecular weight is 335 g/mol. The normalized spacial score (nSPS) is 11.6. The van der Waals surface area contributed by atoms with Gasteiger partial charge < -0.3 is 0 Å². The number of hydrogen-bond acceptors (Lipinski definition) is 3. The molecule has 3 nitrogen and oxygen atoms in total. The number of methoxy groups -OCH3 is 1. The number of benzene rings is 1. The quantitative estimate of drug-likeness (QED) is 0.363. The molecule has 0 unspecified atom stereocenters. The van der Waals surface area contributed by atoms with Gasteiger partial charge in [-0.3, -0.25) is 0 Å². The van der Waals surface area contributed by atoms with E-state index in [9.17, 15) is 0 Å². The molecule has 0 heterocycles. The van der Waals surface area contributed by atoms with Crippen LogP contribution in [0.2, 0.25) is 0 Å². The molecule has 0 aromatic heterocycles. The molecule has 0 atom stereocenters. The van der Waals surface area contributed by atoms with Crippen molar-refractivity contribution >= 4 is 12.6 Å². The Balaban J connectivity index is 3.07. The van der Waals surface area contributed by atoms with Crippen molar-refractivity contribution in [2.75, 3.05) is 7.11 Å². The Hall–Kier alpha value is -0.265. The average Bonchev–Trinajstić information content (AvgIpc) is 2.15. The summed E-state index contributed by atoms with van der Waals surface area (Å²) in [6.07, 6.45) is 0. The van der Waals surface area contributed by atoms with Crippen LogP contribution in [0.5, 0.6) is 5.75 Å². The van der Waals surface area contributed by atoms with Gasteiger partial charge in [-0.15, -0.1) is 0 Å². The third kappa shape index (κ3) is 3.95. The van der Waals surface area contributed by atoms with E-state index in [-0.39, 0.29) is 24.6 Å². The van der Waals surface area contributed by atoms with Crippen molar-refractivity contribution in [3.05, 3.63) is 21.8 Å². The Morgan fingerprint density at radius 1 is 1.25 bits per heavy atom. The zero-order valence-electron chi connectivity index (χ0n) is 9.99. The number of hydrogen-bond donors (Lipinski definition) is 2. The number of rotatable bonds is 3. The van der Waals surface area contributed by atoms with Crippen LogP contribution in [0.1, 0.15) is 20.8 Å². The summed E-state index contributed by atoms with van der Waals surface area (Å²) in [4.78, 5) is 0. The van der Waals surface area contributed by atoms with E-state index in [0.717, 1.165) is 9.32 Å². The van der Waals surface area contributed by atoms with Crippen molar-refractivity contribution < 1.29 is 36.0 Å². The molecule has 0 fully saturated rings. The summed E-state index contributed by atoms with van der Waals surface area (Å²) in [5.41, 5.74) is 0.528. The zero-order valence-corrected chi connectivity index (χ0v) is 12.1. The van der Waals surface area contributed by atoms with Crippen molar-refractivity contribution in [3.63, 3.8) is 0 Å². The standard InChI is InChI=1S/C11H17BIO3/c1-11(2,3)13-9-7-8(12(14)15)5-6-10(9)16-4/h5-7,14-15H,1-4H3/q-1. The van der Waals surface area contributed by atoms with Crippen molar-refractivity contribution in [2.45, 2.75) is 24.2 Å². The van der Waals surface area contributed by atoms with E-state index in [1.54, 1.807) is 19.2 Å². The van der Waals surface area contributed by atoms with E-state index < -0.39 is 7.12 Å². The minimum absolute atomic E-state index is 0.234. The SMILES string of the molecule is COc1ccc(B(O)O)cc1[I-]C(C)(C)C. The molecular formula is C11H17BIO3-. The molecule has 0 saturated carbocycles. The summed E-state index contributed by atoms with van der Waals surface area (Å²) >= 11 is -0.234. The fraction of sp³-hybridized carbons (Fsp3) is 0.455. The Bertz CT molecular complexity index is 361. The molecule has 0 spiro atoms. The van der Waals surface area contributed by atoms with Gasteiger partial charge in [-0.25, -0.2) is 0 Å². The second kappa shape index (κ2) is 5.38. The Kier molecular flexibility index (Phi) is 4.64. The van der Waals surface area contributed by atoms with Crippen LogP contribution in [0.3, 0.4) is 0 Å². The van der Waals surface area contributed by atoms with E-state index >= 15 is 0 Å². The summed E-state index contributed by atoms with van der Waals surface area (Å²) in [7, 11) is 0.230. The fourth-order valence-corrected chi connectivity index (χ4v) is 4.15. The van der Waals surface area contributed by atoms with Crippen molar-refractivity contribution in [2.24, 2.45) is 0 Å². The molecule has 0 aliphatic rings. The first-order valence-corrected chi connectivity index (χ1v) is 7.19. The summed E-state index contributed by atoms with van der Waals surface area (Å²) in [6, 6.07) is 5.32. The molecule has 1 aromatic carbocycles.